The van der Waals surface area contributed by atoms with E-state index in [9.17, 15) is 13.2 Å². The van der Waals surface area contributed by atoms with E-state index >= 15 is 0 Å². The van der Waals surface area contributed by atoms with Crippen LogP contribution in [-0.4, -0.2) is 41.1 Å². The number of methoxy groups -OCH3 is 1. The van der Waals surface area contributed by atoms with Gasteiger partial charge in [-0.1, -0.05) is 35.9 Å². The summed E-state index contributed by atoms with van der Waals surface area (Å²) < 4.78 is 38.8. The first-order valence-corrected chi connectivity index (χ1v) is 11.9. The minimum Gasteiger partial charge on any atom is -0.497 e. The second kappa shape index (κ2) is 10.9. The Labute approximate surface area is 195 Å². The van der Waals surface area contributed by atoms with E-state index in [2.05, 4.69) is 5.32 Å². The van der Waals surface area contributed by atoms with Crippen molar-refractivity contribution in [2.45, 2.75) is 18.7 Å². The summed E-state index contributed by atoms with van der Waals surface area (Å²) in [4.78, 5) is 12.8. The lowest BCUT2D eigenvalue weighted by Crippen LogP contribution is -2.41. The molecular formula is C25H28N2O5S. The van der Waals surface area contributed by atoms with E-state index in [0.717, 1.165) is 15.4 Å². The molecule has 0 saturated carbocycles. The Morgan fingerprint density at radius 2 is 1.61 bits per heavy atom. The SMILES string of the molecule is COc1cccc(N(CC(=O)NCCOc2cccc(C)c2)S(=O)(=O)c2ccc(C)cc2)c1. The van der Waals surface area contributed by atoms with Crippen molar-refractivity contribution in [3.8, 4) is 11.5 Å². The molecular weight excluding hydrogens is 440 g/mol. The van der Waals surface area contributed by atoms with Gasteiger partial charge in [-0.3, -0.25) is 9.10 Å². The van der Waals surface area contributed by atoms with Crippen LogP contribution in [-0.2, 0) is 14.8 Å². The molecule has 3 aromatic rings. The van der Waals surface area contributed by atoms with Crippen molar-refractivity contribution in [3.63, 3.8) is 0 Å². The Bertz CT molecular complexity index is 1190. The van der Waals surface area contributed by atoms with Crippen LogP contribution >= 0.6 is 0 Å². The van der Waals surface area contributed by atoms with E-state index in [-0.39, 0.29) is 24.6 Å². The summed E-state index contributed by atoms with van der Waals surface area (Å²) >= 11 is 0. The van der Waals surface area contributed by atoms with Gasteiger partial charge in [0, 0.05) is 6.07 Å². The van der Waals surface area contributed by atoms with Crippen LogP contribution in [0.5, 0.6) is 11.5 Å². The summed E-state index contributed by atoms with van der Waals surface area (Å²) in [5.74, 6) is 0.758. The van der Waals surface area contributed by atoms with Crippen LogP contribution in [0.1, 0.15) is 11.1 Å². The molecule has 0 aliphatic rings. The predicted molar refractivity (Wildman–Crippen MR) is 128 cm³/mol. The summed E-state index contributed by atoms with van der Waals surface area (Å²) in [6, 6.07) is 20.7. The maximum atomic E-state index is 13.4. The summed E-state index contributed by atoms with van der Waals surface area (Å²) in [6.07, 6.45) is 0. The van der Waals surface area contributed by atoms with E-state index in [1.807, 2.05) is 38.1 Å². The van der Waals surface area contributed by atoms with Gasteiger partial charge in [0.25, 0.3) is 10.0 Å². The third-order valence-electron chi connectivity index (χ3n) is 4.92. The number of nitrogens with zero attached hydrogens (tertiary/aromatic N) is 1. The molecule has 3 rings (SSSR count). The Kier molecular flexibility index (Phi) is 7.95. The maximum absolute atomic E-state index is 13.4. The molecule has 0 aromatic heterocycles. The monoisotopic (exact) mass is 468 g/mol. The lowest BCUT2D eigenvalue weighted by atomic mass is 10.2. The van der Waals surface area contributed by atoms with Crippen molar-refractivity contribution >= 4 is 21.6 Å². The van der Waals surface area contributed by atoms with Crippen LogP contribution in [0, 0.1) is 13.8 Å². The largest absolute Gasteiger partial charge is 0.497 e. The van der Waals surface area contributed by atoms with Crippen LogP contribution in [0.15, 0.2) is 77.7 Å². The highest BCUT2D eigenvalue weighted by Gasteiger charge is 2.27. The second-order valence-corrected chi connectivity index (χ2v) is 9.40. The van der Waals surface area contributed by atoms with Crippen molar-refractivity contribution in [1.29, 1.82) is 0 Å². The van der Waals surface area contributed by atoms with E-state index in [1.165, 1.54) is 19.2 Å². The molecule has 0 radical (unpaired) electrons. The molecule has 0 saturated heterocycles. The Morgan fingerprint density at radius 3 is 2.30 bits per heavy atom. The Hall–Kier alpha value is -3.52. The minimum atomic E-state index is -3.98. The van der Waals surface area contributed by atoms with Gasteiger partial charge in [0.05, 0.1) is 24.2 Å². The highest BCUT2D eigenvalue weighted by Crippen LogP contribution is 2.27. The molecule has 0 heterocycles. The van der Waals surface area contributed by atoms with Crippen LogP contribution < -0.4 is 19.1 Å². The average molecular weight is 469 g/mol. The normalized spacial score (nSPS) is 11.0. The number of hydrogen-bond donors (Lipinski definition) is 1. The van der Waals surface area contributed by atoms with Crippen molar-refractivity contribution in [2.24, 2.45) is 0 Å². The average Bonchev–Trinajstić information content (AvgIpc) is 2.80. The van der Waals surface area contributed by atoms with Gasteiger partial charge < -0.3 is 14.8 Å². The number of hydrogen-bond acceptors (Lipinski definition) is 5. The minimum absolute atomic E-state index is 0.103. The van der Waals surface area contributed by atoms with Crippen molar-refractivity contribution in [2.75, 3.05) is 31.1 Å². The van der Waals surface area contributed by atoms with E-state index in [0.29, 0.717) is 17.2 Å². The van der Waals surface area contributed by atoms with Gasteiger partial charge in [-0.05, 0) is 55.8 Å². The molecule has 0 aliphatic carbocycles. The van der Waals surface area contributed by atoms with Gasteiger partial charge in [0.2, 0.25) is 5.91 Å². The fourth-order valence-electron chi connectivity index (χ4n) is 3.17. The standard InChI is InChI=1S/C25H28N2O5S/c1-19-10-12-24(13-11-19)33(29,30)27(21-7-5-8-22(17-21)31-3)18-25(28)26-14-15-32-23-9-4-6-20(2)16-23/h4-13,16-17H,14-15,18H2,1-3H3,(H,26,28). The second-order valence-electron chi connectivity index (χ2n) is 7.54. The molecule has 1 amide bonds. The highest BCUT2D eigenvalue weighted by molar-refractivity contribution is 7.92. The molecule has 33 heavy (non-hydrogen) atoms. The van der Waals surface area contributed by atoms with Gasteiger partial charge >= 0.3 is 0 Å². The molecule has 0 bridgehead atoms. The number of amides is 1. The maximum Gasteiger partial charge on any atom is 0.264 e. The smallest absolute Gasteiger partial charge is 0.264 e. The number of anilines is 1. The number of sulfonamides is 1. The summed E-state index contributed by atoms with van der Waals surface area (Å²) in [5.41, 5.74) is 2.35. The summed E-state index contributed by atoms with van der Waals surface area (Å²) in [6.45, 7) is 3.97. The van der Waals surface area contributed by atoms with Gasteiger partial charge in [-0.25, -0.2) is 8.42 Å². The van der Waals surface area contributed by atoms with Gasteiger partial charge in [0.15, 0.2) is 0 Å². The first-order valence-electron chi connectivity index (χ1n) is 10.5. The Balaban J connectivity index is 1.73. The molecule has 3 aromatic carbocycles. The van der Waals surface area contributed by atoms with Crippen LogP contribution in [0.25, 0.3) is 0 Å². The predicted octanol–water partition coefficient (Wildman–Crippen LogP) is 3.70. The molecule has 0 atom stereocenters. The zero-order valence-electron chi connectivity index (χ0n) is 18.9. The van der Waals surface area contributed by atoms with Crippen LogP contribution in [0.3, 0.4) is 0 Å². The van der Waals surface area contributed by atoms with E-state index in [1.54, 1.807) is 36.4 Å². The van der Waals surface area contributed by atoms with Crippen molar-refractivity contribution in [3.05, 3.63) is 83.9 Å². The highest BCUT2D eigenvalue weighted by atomic mass is 32.2. The van der Waals surface area contributed by atoms with Gasteiger partial charge in [-0.15, -0.1) is 0 Å². The molecule has 0 fully saturated rings. The third-order valence-corrected chi connectivity index (χ3v) is 6.71. The van der Waals surface area contributed by atoms with Gasteiger partial charge in [-0.2, -0.15) is 0 Å². The molecule has 0 unspecified atom stereocenters. The number of aryl methyl sites for hydroxylation is 2. The molecule has 0 spiro atoms. The van der Waals surface area contributed by atoms with Crippen LogP contribution in [0.2, 0.25) is 0 Å². The number of rotatable bonds is 10. The van der Waals surface area contributed by atoms with E-state index < -0.39 is 15.9 Å². The van der Waals surface area contributed by atoms with Crippen molar-refractivity contribution in [1.82, 2.24) is 5.32 Å². The summed E-state index contributed by atoms with van der Waals surface area (Å²) in [5, 5.41) is 2.73. The number of ether oxygens (including phenoxy) is 2. The molecule has 8 heteroatoms. The van der Waals surface area contributed by atoms with Gasteiger partial charge in [0.1, 0.15) is 24.7 Å². The molecule has 174 valence electrons. The molecule has 7 nitrogen and oxygen atoms in total. The zero-order valence-corrected chi connectivity index (χ0v) is 19.8. The van der Waals surface area contributed by atoms with Crippen molar-refractivity contribution < 1.29 is 22.7 Å². The van der Waals surface area contributed by atoms with Crippen LogP contribution in [0.4, 0.5) is 5.69 Å². The zero-order chi connectivity index (χ0) is 23.8. The number of carbonyl (C=O) groups excluding carboxylic acids is 1. The topological polar surface area (TPSA) is 84.9 Å². The lowest BCUT2D eigenvalue weighted by molar-refractivity contribution is -0.119. The Morgan fingerprint density at radius 1 is 0.909 bits per heavy atom. The number of nitrogens with one attached hydrogen (secondary N) is 1. The number of benzene rings is 3. The third kappa shape index (κ3) is 6.49. The fraction of sp³-hybridized carbons (Fsp3) is 0.240. The van der Waals surface area contributed by atoms with E-state index in [4.69, 9.17) is 9.47 Å². The quantitative estimate of drug-likeness (QED) is 0.459. The fourth-order valence-corrected chi connectivity index (χ4v) is 4.58. The first kappa shape index (κ1) is 24.1. The first-order chi connectivity index (χ1) is 15.8. The lowest BCUT2D eigenvalue weighted by Gasteiger charge is -2.24. The summed E-state index contributed by atoms with van der Waals surface area (Å²) in [7, 11) is -2.48. The molecule has 0 aliphatic heterocycles. The number of carbonyl (C=O) groups is 1. The molecule has 1 N–H and O–H groups in total.